The average Bonchev–Trinajstić information content (AvgIpc) is 3.08. The molecule has 0 heterocycles. The predicted molar refractivity (Wildman–Crippen MR) is 117 cm³/mol. The van der Waals surface area contributed by atoms with Gasteiger partial charge in [-0.25, -0.2) is 4.79 Å². The fourth-order valence-electron chi connectivity index (χ4n) is 3.86. The first-order valence-electron chi connectivity index (χ1n) is 10.5. The number of rotatable bonds is 9. The van der Waals surface area contributed by atoms with Crippen LogP contribution < -0.4 is 10.6 Å². The summed E-state index contributed by atoms with van der Waals surface area (Å²) in [4.78, 5) is 35.1. The first-order valence-corrected chi connectivity index (χ1v) is 10.5. The van der Waals surface area contributed by atoms with Gasteiger partial charge >= 0.3 is 12.1 Å². The van der Waals surface area contributed by atoms with Gasteiger partial charge in [0.25, 0.3) is 0 Å². The highest BCUT2D eigenvalue weighted by molar-refractivity contribution is 5.83. The third-order valence-corrected chi connectivity index (χ3v) is 5.68. The number of carbonyl (C=O) groups is 3. The Balaban J connectivity index is 1.51. The summed E-state index contributed by atoms with van der Waals surface area (Å²) in [6.45, 7) is 3.84. The van der Waals surface area contributed by atoms with Gasteiger partial charge in [-0.2, -0.15) is 0 Å². The first-order chi connectivity index (χ1) is 14.9. The second-order valence-electron chi connectivity index (χ2n) is 7.81. The Morgan fingerprint density at radius 3 is 2.16 bits per heavy atom. The van der Waals surface area contributed by atoms with Crippen molar-refractivity contribution in [1.29, 1.82) is 0 Å². The van der Waals surface area contributed by atoms with E-state index in [9.17, 15) is 14.4 Å². The van der Waals surface area contributed by atoms with Gasteiger partial charge in [-0.05, 0) is 35.1 Å². The van der Waals surface area contributed by atoms with Crippen LogP contribution in [0.2, 0.25) is 0 Å². The van der Waals surface area contributed by atoms with Crippen molar-refractivity contribution in [3.05, 3.63) is 59.7 Å². The predicted octanol–water partition coefficient (Wildman–Crippen LogP) is 3.53. The molecule has 0 saturated heterocycles. The Bertz CT molecular complexity index is 913. The van der Waals surface area contributed by atoms with Crippen molar-refractivity contribution in [2.45, 2.75) is 38.6 Å². The molecule has 31 heavy (non-hydrogen) atoms. The monoisotopic (exact) mass is 424 g/mol. The fourth-order valence-corrected chi connectivity index (χ4v) is 3.86. The zero-order valence-corrected chi connectivity index (χ0v) is 17.8. The summed E-state index contributed by atoms with van der Waals surface area (Å²) in [6, 6.07) is 15.3. The van der Waals surface area contributed by atoms with E-state index in [1.165, 1.54) is 18.1 Å². The molecule has 0 radical (unpaired) electrons. The average molecular weight is 424 g/mol. The summed E-state index contributed by atoms with van der Waals surface area (Å²) in [5.74, 6) is -1.56. The van der Waals surface area contributed by atoms with Gasteiger partial charge in [0.1, 0.15) is 12.6 Å². The third kappa shape index (κ3) is 5.42. The van der Waals surface area contributed by atoms with Crippen molar-refractivity contribution >= 4 is 18.0 Å². The van der Waals surface area contributed by atoms with Crippen molar-refractivity contribution in [3.8, 4) is 11.1 Å². The van der Waals surface area contributed by atoms with E-state index in [0.717, 1.165) is 11.1 Å². The van der Waals surface area contributed by atoms with Crippen molar-refractivity contribution < 1.29 is 24.2 Å². The van der Waals surface area contributed by atoms with Gasteiger partial charge < -0.3 is 20.5 Å². The van der Waals surface area contributed by atoms with E-state index in [1.807, 2.05) is 31.2 Å². The molecule has 7 nitrogen and oxygen atoms in total. The van der Waals surface area contributed by atoms with Crippen molar-refractivity contribution in [3.63, 3.8) is 0 Å². The van der Waals surface area contributed by atoms with Crippen LogP contribution in [0.4, 0.5) is 4.79 Å². The highest BCUT2D eigenvalue weighted by Crippen LogP contribution is 2.44. The molecule has 2 amide bonds. The second kappa shape index (κ2) is 10.1. The Morgan fingerprint density at radius 1 is 1.03 bits per heavy atom. The zero-order valence-electron chi connectivity index (χ0n) is 17.8. The van der Waals surface area contributed by atoms with E-state index in [-0.39, 0.29) is 37.3 Å². The molecule has 0 bridgehead atoms. The van der Waals surface area contributed by atoms with E-state index in [1.54, 1.807) is 0 Å². The van der Waals surface area contributed by atoms with E-state index < -0.39 is 18.1 Å². The Labute approximate surface area is 181 Å². The number of ether oxygens (including phenoxy) is 1. The van der Waals surface area contributed by atoms with Crippen LogP contribution in [0.3, 0.4) is 0 Å². The molecular weight excluding hydrogens is 396 g/mol. The van der Waals surface area contributed by atoms with Crippen LogP contribution in [0.1, 0.15) is 43.7 Å². The maximum atomic E-state index is 12.3. The quantitative estimate of drug-likeness (QED) is 0.571. The van der Waals surface area contributed by atoms with Crippen LogP contribution in [-0.2, 0) is 14.3 Å². The molecule has 3 rings (SSSR count). The lowest BCUT2D eigenvalue weighted by Crippen LogP contribution is -2.40. The van der Waals surface area contributed by atoms with Crippen LogP contribution in [0.25, 0.3) is 11.1 Å². The van der Waals surface area contributed by atoms with Crippen LogP contribution in [0, 0.1) is 5.92 Å². The molecule has 2 aromatic carbocycles. The number of alkyl carbamates (subject to hydrolysis) is 1. The number of hydrogen-bond acceptors (Lipinski definition) is 4. The smallest absolute Gasteiger partial charge is 0.407 e. The van der Waals surface area contributed by atoms with Gasteiger partial charge in [0.05, 0.1) is 0 Å². The zero-order chi connectivity index (χ0) is 22.4. The maximum absolute atomic E-state index is 12.3. The number of hydrogen-bond donors (Lipinski definition) is 3. The summed E-state index contributed by atoms with van der Waals surface area (Å²) in [5.41, 5.74) is 4.62. The van der Waals surface area contributed by atoms with Gasteiger partial charge in [-0.15, -0.1) is 0 Å². The molecule has 2 atom stereocenters. The Kier molecular flexibility index (Phi) is 7.28. The van der Waals surface area contributed by atoms with Gasteiger partial charge in [-0.1, -0.05) is 61.9 Å². The molecule has 1 unspecified atom stereocenters. The number of carboxylic acid groups (broad SMARTS) is 1. The largest absolute Gasteiger partial charge is 0.480 e. The summed E-state index contributed by atoms with van der Waals surface area (Å²) in [6.07, 6.45) is 0.274. The van der Waals surface area contributed by atoms with Crippen molar-refractivity contribution in [2.24, 2.45) is 5.92 Å². The summed E-state index contributed by atoms with van der Waals surface area (Å²) < 4.78 is 5.51. The van der Waals surface area contributed by atoms with E-state index in [4.69, 9.17) is 9.84 Å². The normalized spacial score (nSPS) is 14.1. The molecule has 3 N–H and O–H groups in total. The highest BCUT2D eigenvalue weighted by Gasteiger charge is 2.29. The van der Waals surface area contributed by atoms with Gasteiger partial charge in [0.2, 0.25) is 5.91 Å². The molecule has 0 fully saturated rings. The summed E-state index contributed by atoms with van der Waals surface area (Å²) in [5, 5.41) is 14.0. The highest BCUT2D eigenvalue weighted by atomic mass is 16.5. The van der Waals surface area contributed by atoms with Crippen LogP contribution in [0.5, 0.6) is 0 Å². The van der Waals surface area contributed by atoms with Crippen molar-refractivity contribution in [1.82, 2.24) is 10.6 Å². The Hall–Kier alpha value is -3.35. The fraction of sp³-hybridized carbons (Fsp3) is 0.375. The number of aliphatic carboxylic acids is 1. The molecule has 0 saturated carbocycles. The van der Waals surface area contributed by atoms with Crippen molar-refractivity contribution in [2.75, 3.05) is 13.2 Å². The maximum Gasteiger partial charge on any atom is 0.407 e. The number of amides is 2. The molecule has 2 aromatic rings. The van der Waals surface area contributed by atoms with Crippen LogP contribution >= 0.6 is 0 Å². The minimum Gasteiger partial charge on any atom is -0.480 e. The molecule has 0 spiro atoms. The topological polar surface area (TPSA) is 105 Å². The van der Waals surface area contributed by atoms with Crippen LogP contribution in [0.15, 0.2) is 48.5 Å². The Morgan fingerprint density at radius 2 is 1.61 bits per heavy atom. The number of carbonyl (C=O) groups excluding carboxylic acids is 2. The molecule has 0 aromatic heterocycles. The summed E-state index contributed by atoms with van der Waals surface area (Å²) in [7, 11) is 0. The number of carboxylic acids is 1. The first kappa shape index (κ1) is 22.3. The molecule has 1 aliphatic rings. The third-order valence-electron chi connectivity index (χ3n) is 5.68. The SMILES string of the molecule is CCC(CNC(=O)OCC1c2ccccc2-c2ccccc21)CC(=O)N[C@@H](C)C(=O)O. The molecule has 164 valence electrons. The van der Waals surface area contributed by atoms with Gasteiger partial charge in [0, 0.05) is 18.9 Å². The van der Waals surface area contributed by atoms with Gasteiger partial charge in [-0.3, -0.25) is 9.59 Å². The summed E-state index contributed by atoms with van der Waals surface area (Å²) >= 11 is 0. The lowest BCUT2D eigenvalue weighted by Gasteiger charge is -2.18. The lowest BCUT2D eigenvalue weighted by atomic mass is 9.98. The minimum atomic E-state index is -1.09. The molecule has 1 aliphatic carbocycles. The standard InChI is InChI=1S/C24H28N2O5/c1-3-16(12-22(27)26-15(2)23(28)29)13-25-24(30)31-14-21-19-10-6-4-8-17(19)18-9-5-7-11-20(18)21/h4-11,15-16,21H,3,12-14H2,1-2H3,(H,25,30)(H,26,27)(H,28,29)/t15-,16?/m0/s1. The second-order valence-corrected chi connectivity index (χ2v) is 7.81. The molecule has 0 aliphatic heterocycles. The van der Waals surface area contributed by atoms with E-state index >= 15 is 0 Å². The van der Waals surface area contributed by atoms with E-state index in [2.05, 4.69) is 34.9 Å². The molecular formula is C24H28N2O5. The molecule has 7 heteroatoms. The minimum absolute atomic E-state index is 0.0107. The van der Waals surface area contributed by atoms with Gasteiger partial charge in [0.15, 0.2) is 0 Å². The number of fused-ring (bicyclic) bond motifs is 3. The number of nitrogens with one attached hydrogen (secondary N) is 2. The lowest BCUT2D eigenvalue weighted by molar-refractivity contribution is -0.141. The number of benzene rings is 2. The van der Waals surface area contributed by atoms with E-state index in [0.29, 0.717) is 6.42 Å². The van der Waals surface area contributed by atoms with Crippen LogP contribution in [-0.4, -0.2) is 42.3 Å².